The number of rotatable bonds is 5. The number of aromatic nitrogens is 1. The minimum atomic E-state index is -1.33. The molecule has 0 spiro atoms. The summed E-state index contributed by atoms with van der Waals surface area (Å²) >= 11 is 10.4. The monoisotopic (exact) mass is 544 g/mol. The van der Waals surface area contributed by atoms with Crippen LogP contribution in [0.4, 0.5) is 10.5 Å². The topological polar surface area (TPSA) is 91.7 Å². The van der Waals surface area contributed by atoms with Gasteiger partial charge in [-0.15, -0.1) is 22.7 Å². The molecule has 0 radical (unpaired) electrons. The van der Waals surface area contributed by atoms with E-state index in [0.717, 1.165) is 54.7 Å². The third kappa shape index (κ3) is 4.83. The van der Waals surface area contributed by atoms with Crippen LogP contribution in [0.2, 0.25) is 5.15 Å². The van der Waals surface area contributed by atoms with Crippen LogP contribution in [-0.2, 0) is 10.2 Å². The fourth-order valence-corrected chi connectivity index (χ4v) is 7.30. The molecule has 5 rings (SSSR count). The number of anilines is 1. The third-order valence-electron chi connectivity index (χ3n) is 6.07. The Balaban J connectivity index is 1.30. The van der Waals surface area contributed by atoms with Crippen molar-refractivity contribution in [1.82, 2.24) is 4.37 Å². The van der Waals surface area contributed by atoms with Crippen molar-refractivity contribution in [3.8, 4) is 11.8 Å². The molecule has 3 heterocycles. The number of aryl methyl sites for hydroxylation is 1. The number of benzene rings is 1. The molecule has 1 saturated carbocycles. The highest BCUT2D eigenvalue weighted by molar-refractivity contribution is 7.28. The maximum atomic E-state index is 12.5. The summed E-state index contributed by atoms with van der Waals surface area (Å²) in [5, 5.41) is 22.3. The molecule has 1 unspecified atom stereocenters. The lowest BCUT2D eigenvalue weighted by molar-refractivity contribution is -0.0685. The van der Waals surface area contributed by atoms with E-state index < -0.39 is 23.9 Å². The largest absolute Gasteiger partial charge is 0.441 e. The molecule has 1 amide bonds. The highest BCUT2D eigenvalue weighted by atomic mass is 35.5. The van der Waals surface area contributed by atoms with Gasteiger partial charge in [-0.05, 0) is 73.3 Å². The predicted octanol–water partition coefficient (Wildman–Crippen LogP) is 6.43. The molecule has 1 atom stereocenters. The third-order valence-corrected chi connectivity index (χ3v) is 9.63. The lowest BCUT2D eigenvalue weighted by Crippen LogP contribution is -2.24. The van der Waals surface area contributed by atoms with E-state index >= 15 is 0 Å². The van der Waals surface area contributed by atoms with Gasteiger partial charge in [-0.25, -0.2) is 4.79 Å². The summed E-state index contributed by atoms with van der Waals surface area (Å²) in [6.45, 7) is 3.78. The molecule has 3 N–H and O–H groups in total. The maximum Gasteiger partial charge on any atom is 0.412 e. The van der Waals surface area contributed by atoms with Crippen LogP contribution in [0.15, 0.2) is 36.4 Å². The fraction of sp³-hybridized carbons (Fsp3) is 0.280. The molecule has 1 fully saturated rings. The zero-order chi connectivity index (χ0) is 24.7. The standard InChI is InChI=1S/C25H21ClN2O4S3/c1-13-5-3-4-6-16(13)14(2)32-24(31)27-21-17(35-28-22(21)26)8-7-15-11-18-19(33-15)12-20(34-18)25(9-10-25)23(29)30/h3-6,11-12,14,23,29-30H,9-10H2,1-2H3,(H,27,31). The molecule has 6 nitrogen and oxygen atoms in total. The van der Waals surface area contributed by atoms with Gasteiger partial charge in [-0.3, -0.25) is 5.32 Å². The fourth-order valence-electron chi connectivity index (χ4n) is 3.89. The van der Waals surface area contributed by atoms with Crippen LogP contribution in [0.5, 0.6) is 0 Å². The number of hydrogen-bond donors (Lipinski definition) is 3. The molecule has 1 aliphatic carbocycles. The number of halogens is 1. The number of hydrogen-bond acceptors (Lipinski definition) is 8. The number of ether oxygens (including phenoxy) is 1. The number of fused-ring (bicyclic) bond motifs is 1. The average molecular weight is 545 g/mol. The number of nitrogens with one attached hydrogen (secondary N) is 1. The Morgan fingerprint density at radius 1 is 1.20 bits per heavy atom. The van der Waals surface area contributed by atoms with Crippen LogP contribution in [0, 0.1) is 18.8 Å². The van der Waals surface area contributed by atoms with Gasteiger partial charge in [0.15, 0.2) is 11.4 Å². The zero-order valence-corrected chi connectivity index (χ0v) is 22.0. The molecule has 10 heteroatoms. The summed E-state index contributed by atoms with van der Waals surface area (Å²) in [5.41, 5.74) is 1.80. The van der Waals surface area contributed by atoms with E-state index in [1.165, 1.54) is 11.3 Å². The van der Waals surface area contributed by atoms with Gasteiger partial charge in [0.2, 0.25) is 0 Å². The van der Waals surface area contributed by atoms with Crippen LogP contribution < -0.4 is 5.32 Å². The predicted molar refractivity (Wildman–Crippen MR) is 142 cm³/mol. The first kappa shape index (κ1) is 24.3. The van der Waals surface area contributed by atoms with Crippen LogP contribution in [0.1, 0.15) is 51.6 Å². The summed E-state index contributed by atoms with van der Waals surface area (Å²) in [5.74, 6) is 6.19. The SMILES string of the molecule is Cc1ccccc1C(C)OC(=O)Nc1c(Cl)nsc1C#Cc1cc2sc(C3(C(O)O)CC3)cc2s1. The Morgan fingerprint density at radius 3 is 2.63 bits per heavy atom. The summed E-state index contributed by atoms with van der Waals surface area (Å²) in [4.78, 5) is 14.9. The number of nitrogens with zero attached hydrogens (tertiary/aromatic N) is 1. The Kier molecular flexibility index (Phi) is 6.61. The normalized spacial score (nSPS) is 15.0. The number of carbonyl (C=O) groups is 1. The molecule has 0 aliphatic heterocycles. The van der Waals surface area contributed by atoms with E-state index in [1.54, 1.807) is 11.3 Å². The first-order valence-electron chi connectivity index (χ1n) is 10.9. The molecule has 0 bridgehead atoms. The molecule has 3 aromatic heterocycles. The van der Waals surface area contributed by atoms with Crippen LogP contribution in [0.3, 0.4) is 0 Å². The highest BCUT2D eigenvalue weighted by Gasteiger charge is 2.51. The molecule has 1 aliphatic rings. The van der Waals surface area contributed by atoms with E-state index in [4.69, 9.17) is 16.3 Å². The van der Waals surface area contributed by atoms with Crippen molar-refractivity contribution in [2.24, 2.45) is 0 Å². The summed E-state index contributed by atoms with van der Waals surface area (Å²) in [6.07, 6.45) is -0.807. The van der Waals surface area contributed by atoms with Crippen LogP contribution in [-0.4, -0.2) is 27.0 Å². The number of thiophene rings is 2. The van der Waals surface area contributed by atoms with Gasteiger partial charge in [0.25, 0.3) is 0 Å². The van der Waals surface area contributed by atoms with Gasteiger partial charge >= 0.3 is 6.09 Å². The minimum Gasteiger partial charge on any atom is -0.441 e. The Morgan fingerprint density at radius 2 is 1.94 bits per heavy atom. The first-order chi connectivity index (χ1) is 16.8. The van der Waals surface area contributed by atoms with Gasteiger partial charge < -0.3 is 14.9 Å². The number of aliphatic hydroxyl groups is 2. The number of aliphatic hydroxyl groups excluding tert-OH is 1. The second-order valence-electron chi connectivity index (χ2n) is 8.44. The summed E-state index contributed by atoms with van der Waals surface area (Å²) < 4.78 is 11.8. The van der Waals surface area contributed by atoms with Crippen molar-refractivity contribution in [2.45, 2.75) is 44.5 Å². The van der Waals surface area contributed by atoms with E-state index in [1.807, 2.05) is 50.2 Å². The van der Waals surface area contributed by atoms with Crippen molar-refractivity contribution < 1.29 is 19.7 Å². The maximum absolute atomic E-state index is 12.5. The Hall–Kier alpha value is -2.45. The average Bonchev–Trinajstić information content (AvgIpc) is 3.25. The van der Waals surface area contributed by atoms with Crippen molar-refractivity contribution in [2.75, 3.05) is 5.32 Å². The number of carbonyl (C=O) groups excluding carboxylic acids is 1. The smallest absolute Gasteiger partial charge is 0.412 e. The van der Waals surface area contributed by atoms with E-state index in [-0.39, 0.29) is 5.15 Å². The van der Waals surface area contributed by atoms with Crippen molar-refractivity contribution in [3.63, 3.8) is 0 Å². The van der Waals surface area contributed by atoms with Crippen LogP contribution in [0.25, 0.3) is 9.40 Å². The van der Waals surface area contributed by atoms with Gasteiger partial charge in [0, 0.05) is 14.3 Å². The molecular formula is C25H21ClN2O4S3. The minimum absolute atomic E-state index is 0.161. The second kappa shape index (κ2) is 9.54. The molecule has 180 valence electrons. The van der Waals surface area contributed by atoms with Crippen molar-refractivity contribution >= 4 is 67.0 Å². The molecule has 1 aromatic carbocycles. The van der Waals surface area contributed by atoms with Gasteiger partial charge in [0.05, 0.1) is 10.3 Å². The molecule has 0 saturated heterocycles. The van der Waals surface area contributed by atoms with Crippen molar-refractivity contribution in [1.29, 1.82) is 0 Å². The van der Waals surface area contributed by atoms with Crippen molar-refractivity contribution in [3.05, 3.63) is 67.3 Å². The summed E-state index contributed by atoms with van der Waals surface area (Å²) in [7, 11) is 0. The van der Waals surface area contributed by atoms with E-state index in [2.05, 4.69) is 21.5 Å². The first-order valence-corrected chi connectivity index (χ1v) is 13.7. The van der Waals surface area contributed by atoms with Gasteiger partial charge in [-0.2, -0.15) is 4.37 Å². The number of amides is 1. The second-order valence-corrected chi connectivity index (χ2v) is 11.7. The Bertz CT molecular complexity index is 1440. The van der Waals surface area contributed by atoms with E-state index in [0.29, 0.717) is 10.6 Å². The van der Waals surface area contributed by atoms with Gasteiger partial charge in [-0.1, -0.05) is 35.9 Å². The molecule has 35 heavy (non-hydrogen) atoms. The molecule has 4 aromatic rings. The quantitative estimate of drug-likeness (QED) is 0.199. The lowest BCUT2D eigenvalue weighted by atomic mass is 10.1. The zero-order valence-electron chi connectivity index (χ0n) is 18.8. The van der Waals surface area contributed by atoms with Crippen LogP contribution >= 0.6 is 45.8 Å². The molecular weight excluding hydrogens is 524 g/mol. The van der Waals surface area contributed by atoms with E-state index in [9.17, 15) is 15.0 Å². The lowest BCUT2D eigenvalue weighted by Gasteiger charge is -2.16. The highest BCUT2D eigenvalue weighted by Crippen LogP contribution is 2.54. The summed E-state index contributed by atoms with van der Waals surface area (Å²) in [6, 6.07) is 11.8. The van der Waals surface area contributed by atoms with Gasteiger partial charge in [0.1, 0.15) is 16.7 Å². The Labute approximate surface area is 219 Å².